The molecule has 0 aliphatic carbocycles. The molecule has 1 aliphatic heterocycles. The molecule has 6 heteroatoms. The normalized spacial score (nSPS) is 19.4. The Morgan fingerprint density at radius 3 is 2.80 bits per heavy atom. The number of cyclic esters (lactones) is 1. The molecule has 20 heavy (non-hydrogen) atoms. The number of carbonyl (C=O) groups is 2. The number of hydrogen-bond donors (Lipinski definition) is 1. The van der Waals surface area contributed by atoms with Crippen LogP contribution in [0.1, 0.15) is 12.0 Å². The van der Waals surface area contributed by atoms with Gasteiger partial charge in [-0.15, -0.1) is 0 Å². The van der Waals surface area contributed by atoms with Gasteiger partial charge in [0.2, 0.25) is 0 Å². The van der Waals surface area contributed by atoms with Gasteiger partial charge in [0.25, 0.3) is 0 Å². The van der Waals surface area contributed by atoms with Crippen LogP contribution >= 0.6 is 0 Å². The quantitative estimate of drug-likeness (QED) is 0.613. The van der Waals surface area contributed by atoms with Crippen LogP contribution in [0.2, 0.25) is 0 Å². The van der Waals surface area contributed by atoms with Crippen LogP contribution in [0.5, 0.6) is 0 Å². The van der Waals surface area contributed by atoms with E-state index >= 15 is 0 Å². The molecule has 1 fully saturated rings. The molecule has 1 aromatic rings. The summed E-state index contributed by atoms with van der Waals surface area (Å²) in [5.74, 6) is -1.52. The lowest BCUT2D eigenvalue weighted by atomic mass is 9.99. The van der Waals surface area contributed by atoms with Crippen molar-refractivity contribution in [3.8, 4) is 0 Å². The van der Waals surface area contributed by atoms with Gasteiger partial charge < -0.3 is 9.47 Å². The first-order valence-electron chi connectivity index (χ1n) is 6.38. The fourth-order valence-electron chi connectivity index (χ4n) is 2.02. The molecule has 0 saturated carbocycles. The van der Waals surface area contributed by atoms with Crippen LogP contribution in [0.4, 0.5) is 0 Å². The van der Waals surface area contributed by atoms with E-state index in [2.05, 4.69) is 10.2 Å². The van der Waals surface area contributed by atoms with Crippen molar-refractivity contribution in [1.82, 2.24) is 5.48 Å². The standard InChI is InChI=1S/C14H17NO5/c1-18-14(17)12(11-7-8-19-13(11)16)15-20-9-10-5-3-2-4-6-10/h2-6,11-12,15H,7-9H2,1H3. The molecule has 0 radical (unpaired) electrons. The highest BCUT2D eigenvalue weighted by molar-refractivity contribution is 5.85. The van der Waals surface area contributed by atoms with Gasteiger partial charge in [0.05, 0.1) is 26.2 Å². The number of ether oxygens (including phenoxy) is 2. The monoisotopic (exact) mass is 279 g/mol. The average molecular weight is 279 g/mol. The van der Waals surface area contributed by atoms with Gasteiger partial charge in [-0.2, -0.15) is 5.48 Å². The zero-order chi connectivity index (χ0) is 14.4. The Labute approximate surface area is 117 Å². The van der Waals surface area contributed by atoms with E-state index in [1.807, 2.05) is 30.3 Å². The summed E-state index contributed by atoms with van der Waals surface area (Å²) in [7, 11) is 1.27. The van der Waals surface area contributed by atoms with Gasteiger partial charge >= 0.3 is 11.9 Å². The number of benzene rings is 1. The van der Waals surface area contributed by atoms with E-state index in [0.717, 1.165) is 5.56 Å². The fraction of sp³-hybridized carbons (Fsp3) is 0.429. The van der Waals surface area contributed by atoms with Crippen molar-refractivity contribution in [3.05, 3.63) is 35.9 Å². The van der Waals surface area contributed by atoms with Crippen molar-refractivity contribution >= 4 is 11.9 Å². The summed E-state index contributed by atoms with van der Waals surface area (Å²) in [6, 6.07) is 8.65. The van der Waals surface area contributed by atoms with Gasteiger partial charge in [-0.3, -0.25) is 14.4 Å². The van der Waals surface area contributed by atoms with Crippen LogP contribution in [-0.4, -0.2) is 31.7 Å². The Kier molecular flexibility index (Phi) is 5.09. The molecule has 1 aliphatic rings. The highest BCUT2D eigenvalue weighted by atomic mass is 16.6. The van der Waals surface area contributed by atoms with Crippen LogP contribution in [0.25, 0.3) is 0 Å². The van der Waals surface area contributed by atoms with Gasteiger partial charge in [-0.25, -0.2) is 0 Å². The van der Waals surface area contributed by atoms with Crippen molar-refractivity contribution in [2.45, 2.75) is 19.1 Å². The first-order valence-corrected chi connectivity index (χ1v) is 6.38. The third-order valence-corrected chi connectivity index (χ3v) is 3.13. The molecule has 1 saturated heterocycles. The fourth-order valence-corrected chi connectivity index (χ4v) is 2.02. The maximum absolute atomic E-state index is 11.7. The predicted octanol–water partition coefficient (Wildman–Crippen LogP) is 0.812. The van der Waals surface area contributed by atoms with Crippen molar-refractivity contribution in [2.75, 3.05) is 13.7 Å². The SMILES string of the molecule is COC(=O)C(NOCc1ccccc1)C1CCOC1=O. The molecular weight excluding hydrogens is 262 g/mol. The predicted molar refractivity (Wildman–Crippen MR) is 69.2 cm³/mol. The lowest BCUT2D eigenvalue weighted by Crippen LogP contribution is -2.45. The number of methoxy groups -OCH3 is 1. The van der Waals surface area contributed by atoms with Gasteiger partial charge in [0, 0.05) is 0 Å². The highest BCUT2D eigenvalue weighted by Crippen LogP contribution is 2.19. The smallest absolute Gasteiger partial charge is 0.326 e. The first-order chi connectivity index (χ1) is 9.72. The zero-order valence-corrected chi connectivity index (χ0v) is 11.2. The van der Waals surface area contributed by atoms with Crippen LogP contribution < -0.4 is 5.48 Å². The maximum Gasteiger partial charge on any atom is 0.326 e. The van der Waals surface area contributed by atoms with Crippen molar-refractivity contribution in [3.63, 3.8) is 0 Å². The molecule has 6 nitrogen and oxygen atoms in total. The zero-order valence-electron chi connectivity index (χ0n) is 11.2. The Morgan fingerprint density at radius 1 is 1.45 bits per heavy atom. The summed E-state index contributed by atoms with van der Waals surface area (Å²) >= 11 is 0. The maximum atomic E-state index is 11.7. The number of esters is 2. The minimum Gasteiger partial charge on any atom is -0.468 e. The molecule has 0 aromatic heterocycles. The van der Waals surface area contributed by atoms with Crippen LogP contribution in [0, 0.1) is 5.92 Å². The Hall–Kier alpha value is -1.92. The summed E-state index contributed by atoms with van der Waals surface area (Å²) in [5, 5.41) is 0. The molecule has 2 atom stereocenters. The van der Waals surface area contributed by atoms with Gasteiger partial charge in [-0.05, 0) is 12.0 Å². The summed E-state index contributed by atoms with van der Waals surface area (Å²) in [6.45, 7) is 0.605. The van der Waals surface area contributed by atoms with E-state index in [1.54, 1.807) is 0 Å². The van der Waals surface area contributed by atoms with E-state index < -0.39 is 23.9 Å². The number of rotatable bonds is 6. The molecule has 1 aromatic carbocycles. The van der Waals surface area contributed by atoms with Crippen LogP contribution in [0.3, 0.4) is 0 Å². The van der Waals surface area contributed by atoms with E-state index in [1.165, 1.54) is 7.11 Å². The van der Waals surface area contributed by atoms with Gasteiger partial charge in [0.1, 0.15) is 6.04 Å². The summed E-state index contributed by atoms with van der Waals surface area (Å²) in [6.07, 6.45) is 0.473. The third kappa shape index (κ3) is 3.55. The lowest BCUT2D eigenvalue weighted by molar-refractivity contribution is -0.156. The summed E-state index contributed by atoms with van der Waals surface area (Å²) in [4.78, 5) is 28.6. The van der Waals surface area contributed by atoms with Gasteiger partial charge in [0.15, 0.2) is 0 Å². The second-order valence-corrected chi connectivity index (χ2v) is 4.46. The molecule has 0 amide bonds. The molecule has 1 N–H and O–H groups in total. The minimum absolute atomic E-state index is 0.288. The van der Waals surface area contributed by atoms with E-state index in [9.17, 15) is 9.59 Å². The Bertz CT molecular complexity index is 462. The minimum atomic E-state index is -0.848. The molecule has 0 spiro atoms. The molecule has 0 bridgehead atoms. The number of hydroxylamine groups is 1. The molecule has 108 valence electrons. The van der Waals surface area contributed by atoms with Gasteiger partial charge in [-0.1, -0.05) is 30.3 Å². The number of hydrogen-bond acceptors (Lipinski definition) is 6. The summed E-state index contributed by atoms with van der Waals surface area (Å²) < 4.78 is 9.55. The van der Waals surface area contributed by atoms with Crippen molar-refractivity contribution < 1.29 is 23.9 Å². The highest BCUT2D eigenvalue weighted by Gasteiger charge is 2.39. The molecule has 2 rings (SSSR count). The lowest BCUT2D eigenvalue weighted by Gasteiger charge is -2.19. The molecular formula is C14H17NO5. The van der Waals surface area contributed by atoms with Crippen molar-refractivity contribution in [1.29, 1.82) is 0 Å². The van der Waals surface area contributed by atoms with Crippen molar-refractivity contribution in [2.24, 2.45) is 5.92 Å². The number of carbonyl (C=O) groups excluding carboxylic acids is 2. The first kappa shape index (κ1) is 14.5. The molecule has 1 heterocycles. The second-order valence-electron chi connectivity index (χ2n) is 4.46. The van der Waals surface area contributed by atoms with E-state index in [4.69, 9.17) is 9.57 Å². The topological polar surface area (TPSA) is 73.9 Å². The Morgan fingerprint density at radius 2 is 2.20 bits per heavy atom. The average Bonchev–Trinajstić information content (AvgIpc) is 2.90. The third-order valence-electron chi connectivity index (χ3n) is 3.13. The largest absolute Gasteiger partial charge is 0.468 e. The summed E-state index contributed by atoms with van der Waals surface area (Å²) in [5.41, 5.74) is 3.57. The Balaban J connectivity index is 1.91. The molecule has 2 unspecified atom stereocenters. The van der Waals surface area contributed by atoms with E-state index in [-0.39, 0.29) is 6.61 Å². The number of nitrogens with one attached hydrogen (secondary N) is 1. The second kappa shape index (κ2) is 7.02. The van der Waals surface area contributed by atoms with Crippen LogP contribution in [-0.2, 0) is 30.5 Å². The van der Waals surface area contributed by atoms with E-state index in [0.29, 0.717) is 13.0 Å². The van der Waals surface area contributed by atoms with Crippen LogP contribution in [0.15, 0.2) is 30.3 Å².